The second-order valence-electron chi connectivity index (χ2n) is 4.53. The summed E-state index contributed by atoms with van der Waals surface area (Å²) in [5.74, 6) is 0.192. The number of carbonyl (C=O) groups is 1. The summed E-state index contributed by atoms with van der Waals surface area (Å²) >= 11 is 0. The molecule has 2 heterocycles. The van der Waals surface area contributed by atoms with Crippen LogP contribution < -0.4 is 0 Å². The van der Waals surface area contributed by atoms with E-state index >= 15 is 0 Å². The summed E-state index contributed by atoms with van der Waals surface area (Å²) in [6.45, 7) is 4.97. The predicted molar refractivity (Wildman–Crippen MR) is 66.2 cm³/mol. The van der Waals surface area contributed by atoms with E-state index in [4.69, 9.17) is 4.74 Å². The maximum absolute atomic E-state index is 12.2. The third kappa shape index (κ3) is 2.76. The Bertz CT molecular complexity index is 387. The summed E-state index contributed by atoms with van der Waals surface area (Å²) in [6.07, 6.45) is 2.93. The number of Topliss-reactive ketones (excluding diaryl/α,β-unsaturated/α-hetero) is 1. The number of morpholine rings is 1. The van der Waals surface area contributed by atoms with E-state index in [1.54, 1.807) is 0 Å². The fourth-order valence-electron chi connectivity index (χ4n) is 2.29. The third-order valence-corrected chi connectivity index (χ3v) is 3.40. The molecule has 17 heavy (non-hydrogen) atoms. The summed E-state index contributed by atoms with van der Waals surface area (Å²) in [6, 6.07) is 4.17. The van der Waals surface area contributed by atoms with Gasteiger partial charge in [0.25, 0.3) is 0 Å². The lowest BCUT2D eigenvalue weighted by Gasteiger charge is -2.34. The molecule has 4 heteroatoms. The maximum atomic E-state index is 12.2. The minimum atomic E-state index is 0.192. The van der Waals surface area contributed by atoms with Crippen molar-refractivity contribution in [2.75, 3.05) is 26.3 Å². The first-order valence-corrected chi connectivity index (χ1v) is 6.18. The molecule has 1 aliphatic heterocycles. The van der Waals surface area contributed by atoms with Gasteiger partial charge in [0.1, 0.15) is 0 Å². The Kier molecular flexibility index (Phi) is 3.97. The maximum Gasteiger partial charge on any atom is 0.193 e. The van der Waals surface area contributed by atoms with Crippen LogP contribution in [0.2, 0.25) is 0 Å². The minimum Gasteiger partial charge on any atom is -0.378 e. The van der Waals surface area contributed by atoms with Gasteiger partial charge in [-0.25, -0.2) is 0 Å². The van der Waals surface area contributed by atoms with Crippen LogP contribution in [0.5, 0.6) is 0 Å². The molecule has 4 nitrogen and oxygen atoms in total. The number of nitrogens with zero attached hydrogens (tertiary/aromatic N) is 2. The predicted octanol–water partition coefficient (Wildman–Crippen LogP) is 1.32. The number of carbonyl (C=O) groups excluding carboxylic acids is 1. The Morgan fingerprint density at radius 3 is 3.06 bits per heavy atom. The molecule has 0 bridgehead atoms. The molecule has 1 atom stereocenters. The Labute approximate surface area is 102 Å². The van der Waals surface area contributed by atoms with Crippen LogP contribution in [-0.2, 0) is 11.8 Å². The largest absolute Gasteiger partial charge is 0.378 e. The van der Waals surface area contributed by atoms with E-state index in [1.165, 1.54) is 0 Å². The van der Waals surface area contributed by atoms with Gasteiger partial charge < -0.3 is 9.30 Å². The summed E-state index contributed by atoms with van der Waals surface area (Å²) < 4.78 is 7.32. The first-order valence-electron chi connectivity index (χ1n) is 6.18. The number of hydrogen-bond acceptors (Lipinski definition) is 3. The number of aryl methyl sites for hydroxylation is 1. The highest BCUT2D eigenvalue weighted by Gasteiger charge is 2.24. The van der Waals surface area contributed by atoms with Crippen molar-refractivity contribution in [1.29, 1.82) is 0 Å². The first-order chi connectivity index (χ1) is 8.22. The van der Waals surface area contributed by atoms with Gasteiger partial charge in [-0.05, 0) is 18.6 Å². The van der Waals surface area contributed by atoms with Crippen LogP contribution in [0.25, 0.3) is 0 Å². The molecular weight excluding hydrogens is 216 g/mol. The Balaban J connectivity index is 2.00. The SMILES string of the molecule is CCC1COCCN1CC(=O)c1cccn1C. The van der Waals surface area contributed by atoms with Crippen molar-refractivity contribution in [3.8, 4) is 0 Å². The second kappa shape index (κ2) is 5.47. The molecule has 1 unspecified atom stereocenters. The van der Waals surface area contributed by atoms with Gasteiger partial charge in [-0.15, -0.1) is 0 Å². The highest BCUT2D eigenvalue weighted by atomic mass is 16.5. The normalized spacial score (nSPS) is 21.6. The number of hydrogen-bond donors (Lipinski definition) is 0. The van der Waals surface area contributed by atoms with Crippen molar-refractivity contribution in [2.45, 2.75) is 19.4 Å². The van der Waals surface area contributed by atoms with Crippen LogP contribution in [0.4, 0.5) is 0 Å². The molecule has 1 aromatic heterocycles. The van der Waals surface area contributed by atoms with Crippen LogP contribution in [0.3, 0.4) is 0 Å². The van der Waals surface area contributed by atoms with Gasteiger partial charge >= 0.3 is 0 Å². The van der Waals surface area contributed by atoms with E-state index in [0.29, 0.717) is 12.6 Å². The molecule has 0 radical (unpaired) electrons. The highest BCUT2D eigenvalue weighted by molar-refractivity contribution is 5.96. The van der Waals surface area contributed by atoms with Crippen molar-refractivity contribution >= 4 is 5.78 Å². The summed E-state index contributed by atoms with van der Waals surface area (Å²) in [5, 5.41) is 0. The zero-order valence-corrected chi connectivity index (χ0v) is 10.6. The van der Waals surface area contributed by atoms with E-state index in [1.807, 2.05) is 29.9 Å². The van der Waals surface area contributed by atoms with Crippen LogP contribution in [0, 0.1) is 0 Å². The lowest BCUT2D eigenvalue weighted by atomic mass is 10.1. The van der Waals surface area contributed by atoms with E-state index < -0.39 is 0 Å². The van der Waals surface area contributed by atoms with Crippen LogP contribution >= 0.6 is 0 Å². The fraction of sp³-hybridized carbons (Fsp3) is 0.615. The molecule has 0 aromatic carbocycles. The molecule has 0 aliphatic carbocycles. The van der Waals surface area contributed by atoms with Gasteiger partial charge in [0.05, 0.1) is 25.5 Å². The van der Waals surface area contributed by atoms with Crippen LogP contribution in [-0.4, -0.2) is 47.6 Å². The van der Waals surface area contributed by atoms with Crippen molar-refractivity contribution in [2.24, 2.45) is 7.05 Å². The van der Waals surface area contributed by atoms with Crippen LogP contribution in [0.15, 0.2) is 18.3 Å². The van der Waals surface area contributed by atoms with Gasteiger partial charge in [-0.3, -0.25) is 9.69 Å². The lowest BCUT2D eigenvalue weighted by molar-refractivity contribution is -0.00596. The average molecular weight is 236 g/mol. The molecule has 0 saturated carbocycles. The minimum absolute atomic E-state index is 0.192. The van der Waals surface area contributed by atoms with E-state index in [2.05, 4.69) is 11.8 Å². The summed E-state index contributed by atoms with van der Waals surface area (Å²) in [7, 11) is 1.91. The van der Waals surface area contributed by atoms with E-state index in [-0.39, 0.29) is 5.78 Å². The van der Waals surface area contributed by atoms with Gasteiger partial charge in [0, 0.05) is 25.8 Å². The monoisotopic (exact) mass is 236 g/mol. The Hall–Kier alpha value is -1.13. The van der Waals surface area contributed by atoms with Gasteiger partial charge in [-0.1, -0.05) is 6.92 Å². The molecule has 1 aliphatic rings. The lowest BCUT2D eigenvalue weighted by Crippen LogP contribution is -2.47. The molecular formula is C13H20N2O2. The molecule has 0 spiro atoms. The number of ether oxygens (including phenoxy) is 1. The van der Waals surface area contributed by atoms with E-state index in [9.17, 15) is 4.79 Å². The average Bonchev–Trinajstić information content (AvgIpc) is 2.76. The molecule has 2 rings (SSSR count). The molecule has 94 valence electrons. The summed E-state index contributed by atoms with van der Waals surface area (Å²) in [4.78, 5) is 14.4. The standard InChI is InChI=1S/C13H20N2O2/c1-3-11-10-17-8-7-15(11)9-13(16)12-5-4-6-14(12)2/h4-6,11H,3,7-10H2,1-2H3. The number of ketones is 1. The Morgan fingerprint density at radius 2 is 2.41 bits per heavy atom. The molecule has 0 N–H and O–H groups in total. The topological polar surface area (TPSA) is 34.5 Å². The fourth-order valence-corrected chi connectivity index (χ4v) is 2.29. The van der Waals surface area contributed by atoms with Gasteiger partial charge in [0.15, 0.2) is 5.78 Å². The van der Waals surface area contributed by atoms with Crippen molar-refractivity contribution in [3.63, 3.8) is 0 Å². The highest BCUT2D eigenvalue weighted by Crippen LogP contribution is 2.11. The van der Waals surface area contributed by atoms with Crippen molar-refractivity contribution < 1.29 is 9.53 Å². The third-order valence-electron chi connectivity index (χ3n) is 3.40. The van der Waals surface area contributed by atoms with Crippen LogP contribution in [0.1, 0.15) is 23.8 Å². The summed E-state index contributed by atoms with van der Waals surface area (Å²) in [5.41, 5.74) is 0.784. The number of rotatable bonds is 4. The second-order valence-corrected chi connectivity index (χ2v) is 4.53. The first kappa shape index (κ1) is 12.3. The quantitative estimate of drug-likeness (QED) is 0.739. The van der Waals surface area contributed by atoms with Crippen molar-refractivity contribution in [3.05, 3.63) is 24.0 Å². The molecule has 1 aromatic rings. The zero-order chi connectivity index (χ0) is 12.3. The van der Waals surface area contributed by atoms with Crippen molar-refractivity contribution in [1.82, 2.24) is 9.47 Å². The smallest absolute Gasteiger partial charge is 0.193 e. The molecule has 0 amide bonds. The Morgan fingerprint density at radius 1 is 1.59 bits per heavy atom. The molecule has 1 fully saturated rings. The number of aromatic nitrogens is 1. The van der Waals surface area contributed by atoms with Gasteiger partial charge in [-0.2, -0.15) is 0 Å². The van der Waals surface area contributed by atoms with Gasteiger partial charge in [0.2, 0.25) is 0 Å². The zero-order valence-electron chi connectivity index (χ0n) is 10.6. The van der Waals surface area contributed by atoms with E-state index in [0.717, 1.165) is 31.9 Å². The molecule has 1 saturated heterocycles.